The zero-order chi connectivity index (χ0) is 18.4. The van der Waals surface area contributed by atoms with Crippen LogP contribution in [0.5, 0.6) is 0 Å². The van der Waals surface area contributed by atoms with E-state index in [0.29, 0.717) is 11.3 Å². The van der Waals surface area contributed by atoms with Crippen molar-refractivity contribution in [2.45, 2.75) is 24.3 Å². The first-order valence-corrected chi connectivity index (χ1v) is 6.65. The average molecular weight is 363 g/mol. The Bertz CT molecular complexity index is 487. The number of carbonyl (C=O) groups excluding carboxylic acids is 1. The van der Waals surface area contributed by atoms with Crippen LogP contribution in [0.1, 0.15) is 6.92 Å². The van der Waals surface area contributed by atoms with Gasteiger partial charge in [0.1, 0.15) is 0 Å². The SMILES string of the molecule is C=CC(=O)OCC.CNS(=O)(=O)C(F)(F)C(F)(F)C(F)(F)F. The second-order valence-electron chi connectivity index (χ2n) is 3.25. The van der Waals surface area contributed by atoms with E-state index in [4.69, 9.17) is 0 Å². The summed E-state index contributed by atoms with van der Waals surface area (Å²) in [5.41, 5.74) is 0. The van der Waals surface area contributed by atoms with Gasteiger partial charge in [-0.05, 0) is 14.0 Å². The molecule has 132 valence electrons. The zero-order valence-corrected chi connectivity index (χ0v) is 12.0. The Labute approximate surface area is 121 Å². The Kier molecular flexibility index (Phi) is 8.08. The van der Waals surface area contributed by atoms with Gasteiger partial charge in [0.15, 0.2) is 0 Å². The summed E-state index contributed by atoms with van der Waals surface area (Å²) in [5.74, 6) is -7.02. The number of esters is 1. The molecule has 5 nitrogen and oxygen atoms in total. The summed E-state index contributed by atoms with van der Waals surface area (Å²) in [5, 5.41) is -6.27. The largest absolute Gasteiger partial charge is 0.463 e. The standard InChI is InChI=1S/C5H8O2.C4H4F7NO2S/c1-3-5(6)7-4-2;1-12-15(13,14)4(10,11)2(5,6)3(7,8)9/h3H,1,4H2,2H3;12H,1H3. The van der Waals surface area contributed by atoms with Crippen LogP contribution in [0.3, 0.4) is 0 Å². The minimum absolute atomic E-state index is 0.287. The molecular weight excluding hydrogens is 351 g/mol. The molecule has 0 aromatic heterocycles. The molecule has 0 spiro atoms. The van der Waals surface area contributed by atoms with E-state index < -0.39 is 27.4 Å². The fourth-order valence-corrected chi connectivity index (χ4v) is 1.37. The molecule has 1 N–H and O–H groups in total. The number of carbonyl (C=O) groups is 1. The third-order valence-electron chi connectivity index (χ3n) is 1.78. The van der Waals surface area contributed by atoms with Gasteiger partial charge >= 0.3 is 23.3 Å². The third-order valence-corrected chi connectivity index (χ3v) is 3.25. The highest BCUT2D eigenvalue weighted by Crippen LogP contribution is 2.48. The van der Waals surface area contributed by atoms with Gasteiger partial charge in [0.25, 0.3) is 10.0 Å². The van der Waals surface area contributed by atoms with E-state index in [1.165, 1.54) is 0 Å². The highest BCUT2D eigenvalue weighted by atomic mass is 32.2. The van der Waals surface area contributed by atoms with Crippen molar-refractivity contribution in [3.05, 3.63) is 12.7 Å². The van der Waals surface area contributed by atoms with Crippen molar-refractivity contribution in [1.29, 1.82) is 0 Å². The Hall–Kier alpha value is -1.37. The minimum atomic E-state index is -6.67. The highest BCUT2D eigenvalue weighted by molar-refractivity contribution is 7.90. The van der Waals surface area contributed by atoms with Gasteiger partial charge in [0, 0.05) is 6.08 Å². The van der Waals surface area contributed by atoms with Gasteiger partial charge in [-0.15, -0.1) is 0 Å². The number of hydrogen-bond acceptors (Lipinski definition) is 4. The Morgan fingerprint density at radius 1 is 1.18 bits per heavy atom. The fourth-order valence-electron chi connectivity index (χ4n) is 0.663. The van der Waals surface area contributed by atoms with Crippen molar-refractivity contribution >= 4 is 16.0 Å². The van der Waals surface area contributed by atoms with E-state index in [9.17, 15) is 43.9 Å². The van der Waals surface area contributed by atoms with Gasteiger partial charge < -0.3 is 4.74 Å². The monoisotopic (exact) mass is 363 g/mol. The quantitative estimate of drug-likeness (QED) is 0.461. The number of nitrogens with one attached hydrogen (secondary N) is 1. The molecule has 0 saturated carbocycles. The smallest absolute Gasteiger partial charge is 0.461 e. The zero-order valence-electron chi connectivity index (χ0n) is 11.2. The van der Waals surface area contributed by atoms with E-state index in [1.54, 1.807) is 6.92 Å². The van der Waals surface area contributed by atoms with Gasteiger partial charge in [0.2, 0.25) is 0 Å². The normalized spacial score (nSPS) is 13.0. The van der Waals surface area contributed by atoms with Gasteiger partial charge in [-0.25, -0.2) is 17.9 Å². The second-order valence-corrected chi connectivity index (χ2v) is 5.18. The predicted octanol–water partition coefficient (Wildman–Crippen LogP) is 2.06. The van der Waals surface area contributed by atoms with Gasteiger partial charge in [0.05, 0.1) is 6.61 Å². The third kappa shape index (κ3) is 5.12. The summed E-state index contributed by atoms with van der Waals surface area (Å²) in [7, 11) is -5.80. The molecule has 0 aliphatic heterocycles. The molecule has 0 radical (unpaired) electrons. The van der Waals surface area contributed by atoms with Crippen LogP contribution in [-0.2, 0) is 19.6 Å². The lowest BCUT2D eigenvalue weighted by molar-refractivity contribution is -0.332. The molecule has 13 heteroatoms. The number of halogens is 7. The molecule has 0 aromatic carbocycles. The minimum Gasteiger partial charge on any atom is -0.463 e. The summed E-state index contributed by atoms with van der Waals surface area (Å²) in [4.78, 5) is 10.1. The molecule has 0 bridgehead atoms. The van der Waals surface area contributed by atoms with Crippen molar-refractivity contribution in [3.8, 4) is 0 Å². The molecule has 0 saturated heterocycles. The van der Waals surface area contributed by atoms with Crippen LogP contribution < -0.4 is 4.72 Å². The number of hydrogen-bond donors (Lipinski definition) is 1. The molecule has 0 amide bonds. The maximum absolute atomic E-state index is 12.4. The lowest BCUT2D eigenvalue weighted by Crippen LogP contribution is -2.58. The molecule has 0 unspecified atom stereocenters. The molecule has 0 aliphatic carbocycles. The molecule has 22 heavy (non-hydrogen) atoms. The molecule has 0 rings (SSSR count). The van der Waals surface area contributed by atoms with E-state index >= 15 is 0 Å². The van der Waals surface area contributed by atoms with E-state index in [0.717, 1.165) is 6.08 Å². The highest BCUT2D eigenvalue weighted by Gasteiger charge is 2.78. The second kappa shape index (κ2) is 7.76. The van der Waals surface area contributed by atoms with Crippen molar-refractivity contribution in [1.82, 2.24) is 4.72 Å². The molecule has 0 atom stereocenters. The average Bonchev–Trinajstić information content (AvgIpc) is 2.37. The fraction of sp³-hybridized carbons (Fsp3) is 0.667. The summed E-state index contributed by atoms with van der Waals surface area (Å²) in [6.45, 7) is 5.38. The van der Waals surface area contributed by atoms with Crippen LogP contribution in [0.15, 0.2) is 12.7 Å². The summed E-state index contributed by atoms with van der Waals surface area (Å²) in [6, 6.07) is 0. The number of rotatable bonds is 5. The van der Waals surface area contributed by atoms with Crippen LogP contribution in [0.4, 0.5) is 30.7 Å². The Balaban J connectivity index is 0. The van der Waals surface area contributed by atoms with Gasteiger partial charge in [-0.1, -0.05) is 6.58 Å². The van der Waals surface area contributed by atoms with E-state index in [2.05, 4.69) is 11.3 Å². The van der Waals surface area contributed by atoms with Crippen LogP contribution in [0.25, 0.3) is 0 Å². The maximum atomic E-state index is 12.4. The number of ether oxygens (including phenoxy) is 1. The van der Waals surface area contributed by atoms with Gasteiger partial charge in [-0.3, -0.25) is 0 Å². The topological polar surface area (TPSA) is 72.5 Å². The lowest BCUT2D eigenvalue weighted by Gasteiger charge is -2.27. The molecular formula is C9H12F7NO4S. The lowest BCUT2D eigenvalue weighted by atomic mass is 10.3. The van der Waals surface area contributed by atoms with E-state index in [-0.39, 0.29) is 13.0 Å². The van der Waals surface area contributed by atoms with Crippen LogP contribution >= 0.6 is 0 Å². The van der Waals surface area contributed by atoms with Crippen LogP contribution in [-0.4, -0.2) is 45.4 Å². The Morgan fingerprint density at radius 3 is 1.77 bits per heavy atom. The molecule has 0 aromatic rings. The first kappa shape index (κ1) is 22.9. The van der Waals surface area contributed by atoms with E-state index in [1.807, 2.05) is 0 Å². The molecule has 0 aliphatic rings. The first-order valence-electron chi connectivity index (χ1n) is 5.17. The van der Waals surface area contributed by atoms with Gasteiger partial charge in [-0.2, -0.15) is 30.7 Å². The maximum Gasteiger partial charge on any atom is 0.461 e. The Morgan fingerprint density at radius 2 is 1.59 bits per heavy atom. The molecule has 0 fully saturated rings. The van der Waals surface area contributed by atoms with Crippen molar-refractivity contribution < 1.29 is 48.7 Å². The van der Waals surface area contributed by atoms with Crippen molar-refractivity contribution in [2.24, 2.45) is 0 Å². The van der Waals surface area contributed by atoms with Crippen LogP contribution in [0, 0.1) is 0 Å². The summed E-state index contributed by atoms with van der Waals surface area (Å²) < 4.78 is 109. The first-order chi connectivity index (χ1) is 9.62. The summed E-state index contributed by atoms with van der Waals surface area (Å²) in [6.07, 6.45) is -5.52. The van der Waals surface area contributed by atoms with Crippen molar-refractivity contribution in [3.63, 3.8) is 0 Å². The number of alkyl halides is 7. The van der Waals surface area contributed by atoms with Crippen molar-refractivity contribution in [2.75, 3.05) is 13.7 Å². The molecule has 0 heterocycles. The predicted molar refractivity (Wildman–Crippen MR) is 60.8 cm³/mol. The summed E-state index contributed by atoms with van der Waals surface area (Å²) >= 11 is 0. The van der Waals surface area contributed by atoms with Crippen LogP contribution in [0.2, 0.25) is 0 Å². The number of sulfonamides is 1.